The van der Waals surface area contributed by atoms with Crippen LogP contribution in [-0.2, 0) is 10.0 Å². The number of hydrogen-bond acceptors (Lipinski definition) is 5. The maximum Gasteiger partial charge on any atom is 0.335 e. The first kappa shape index (κ1) is 24.3. The van der Waals surface area contributed by atoms with Crippen molar-refractivity contribution in [2.24, 2.45) is 5.41 Å². The van der Waals surface area contributed by atoms with Crippen LogP contribution in [0.1, 0.15) is 61.4 Å². The van der Waals surface area contributed by atoms with E-state index in [1.165, 1.54) is 29.6 Å². The zero-order valence-corrected chi connectivity index (χ0v) is 21.2. The van der Waals surface area contributed by atoms with Crippen LogP contribution in [0.15, 0.2) is 64.2 Å². The maximum atomic E-state index is 13.8. The van der Waals surface area contributed by atoms with Crippen molar-refractivity contribution in [3.05, 3.63) is 71.1 Å². The smallest absolute Gasteiger partial charge is 0.335 e. The summed E-state index contributed by atoms with van der Waals surface area (Å²) in [6, 6.07) is 15.2. The van der Waals surface area contributed by atoms with Crippen molar-refractivity contribution in [3.63, 3.8) is 0 Å². The van der Waals surface area contributed by atoms with E-state index in [1.54, 1.807) is 23.6 Å². The first-order valence-corrected chi connectivity index (χ1v) is 13.5. The van der Waals surface area contributed by atoms with Gasteiger partial charge >= 0.3 is 5.97 Å². The summed E-state index contributed by atoms with van der Waals surface area (Å²) < 4.78 is 34.6. The highest BCUT2D eigenvalue weighted by atomic mass is 32.2. The molecule has 2 aromatic carbocycles. The Bertz CT molecular complexity index is 1270. The van der Waals surface area contributed by atoms with E-state index in [0.717, 1.165) is 42.6 Å². The van der Waals surface area contributed by atoms with Crippen LogP contribution in [0.2, 0.25) is 0 Å². The Balaban J connectivity index is 1.83. The van der Waals surface area contributed by atoms with Crippen molar-refractivity contribution in [2.75, 3.05) is 11.4 Å². The van der Waals surface area contributed by atoms with Gasteiger partial charge in [0, 0.05) is 0 Å². The summed E-state index contributed by atoms with van der Waals surface area (Å²) in [5.74, 6) is -0.569. The summed E-state index contributed by atoms with van der Waals surface area (Å²) in [5, 5.41) is 11.1. The summed E-state index contributed by atoms with van der Waals surface area (Å²) in [4.78, 5) is 11.5. The van der Waals surface area contributed by atoms with Gasteiger partial charge in [-0.15, -0.1) is 11.3 Å². The summed E-state index contributed by atoms with van der Waals surface area (Å²) in [7, 11) is -2.57. The van der Waals surface area contributed by atoms with Crippen LogP contribution in [0, 0.1) is 5.41 Å². The molecule has 0 radical (unpaired) electrons. The molecular formula is C26H29NO5S2. The minimum Gasteiger partial charge on any atom is -0.495 e. The van der Waals surface area contributed by atoms with Crippen LogP contribution in [-0.4, -0.2) is 26.6 Å². The maximum absolute atomic E-state index is 13.8. The number of benzene rings is 2. The summed E-state index contributed by atoms with van der Waals surface area (Å²) >= 11 is 1.14. The van der Waals surface area contributed by atoms with Crippen LogP contribution in [0.25, 0.3) is 0 Å². The molecule has 0 amide bonds. The van der Waals surface area contributed by atoms with Gasteiger partial charge in [0.25, 0.3) is 10.0 Å². The molecule has 1 aromatic heterocycles. The third-order valence-electron chi connectivity index (χ3n) is 6.55. The van der Waals surface area contributed by atoms with Gasteiger partial charge in [0.2, 0.25) is 0 Å². The first-order chi connectivity index (χ1) is 16.1. The van der Waals surface area contributed by atoms with Crippen LogP contribution in [0.3, 0.4) is 0 Å². The molecule has 0 spiro atoms. The molecule has 4 rings (SSSR count). The van der Waals surface area contributed by atoms with Gasteiger partial charge in [0.1, 0.15) is 9.96 Å². The lowest BCUT2D eigenvalue weighted by atomic mass is 9.71. The summed E-state index contributed by atoms with van der Waals surface area (Å²) in [6.45, 7) is 4.59. The Labute approximate surface area is 204 Å². The second-order valence-corrected chi connectivity index (χ2v) is 12.4. The fourth-order valence-electron chi connectivity index (χ4n) is 4.52. The number of methoxy groups -OCH3 is 1. The molecule has 0 atom stereocenters. The Morgan fingerprint density at radius 2 is 1.82 bits per heavy atom. The third kappa shape index (κ3) is 4.83. The van der Waals surface area contributed by atoms with Gasteiger partial charge in [0.15, 0.2) is 0 Å². The highest BCUT2D eigenvalue weighted by Crippen LogP contribution is 2.45. The van der Waals surface area contributed by atoms with Crippen LogP contribution in [0.4, 0.5) is 11.4 Å². The van der Waals surface area contributed by atoms with E-state index >= 15 is 0 Å². The minimum absolute atomic E-state index is 0.0210. The molecule has 1 aliphatic rings. The minimum atomic E-state index is -3.97. The Kier molecular flexibility index (Phi) is 6.73. The van der Waals surface area contributed by atoms with Gasteiger partial charge in [-0.05, 0) is 84.4 Å². The van der Waals surface area contributed by atoms with Crippen molar-refractivity contribution in [1.29, 1.82) is 0 Å². The monoisotopic (exact) mass is 499 g/mol. The number of sulfonamides is 1. The number of hydrogen-bond donors (Lipinski definition) is 1. The number of carboxylic acids is 1. The fraction of sp³-hybridized carbons (Fsp3) is 0.346. The molecule has 8 heteroatoms. The molecule has 1 saturated carbocycles. The summed E-state index contributed by atoms with van der Waals surface area (Å²) in [5.41, 5.74) is 2.23. The number of carboxylic acid groups (broad SMARTS) is 1. The lowest BCUT2D eigenvalue weighted by molar-refractivity contribution is 0.0696. The third-order valence-corrected chi connectivity index (χ3v) is 9.67. The molecule has 0 unspecified atom stereocenters. The number of anilines is 2. The van der Waals surface area contributed by atoms with E-state index < -0.39 is 16.0 Å². The number of rotatable bonds is 7. The predicted octanol–water partition coefficient (Wildman–Crippen LogP) is 6.67. The number of nitrogens with zero attached hydrogens (tertiary/aromatic N) is 1. The molecule has 0 saturated heterocycles. The van der Waals surface area contributed by atoms with Crippen molar-refractivity contribution >= 4 is 38.7 Å². The molecule has 180 valence electrons. The Morgan fingerprint density at radius 1 is 1.09 bits per heavy atom. The SMILES string of the molecule is COc1cc(C(=O)O)ccc1N(c1cccc(C2CCC(C)(C)CC2)c1)S(=O)(=O)c1cccs1. The molecule has 3 aromatic rings. The van der Waals surface area contributed by atoms with E-state index in [9.17, 15) is 18.3 Å². The number of aromatic carboxylic acids is 1. The molecule has 0 aliphatic heterocycles. The molecule has 0 bridgehead atoms. The van der Waals surface area contributed by atoms with E-state index in [1.807, 2.05) is 12.1 Å². The molecular weight excluding hydrogens is 470 g/mol. The van der Waals surface area contributed by atoms with Gasteiger partial charge < -0.3 is 9.84 Å². The quantitative estimate of drug-likeness (QED) is 0.393. The van der Waals surface area contributed by atoms with E-state index in [0.29, 0.717) is 17.0 Å². The average molecular weight is 500 g/mol. The van der Waals surface area contributed by atoms with Crippen LogP contribution in [0.5, 0.6) is 5.75 Å². The highest BCUT2D eigenvalue weighted by Gasteiger charge is 2.32. The normalized spacial score (nSPS) is 16.2. The topological polar surface area (TPSA) is 83.9 Å². The van der Waals surface area contributed by atoms with Gasteiger partial charge in [-0.2, -0.15) is 8.42 Å². The van der Waals surface area contributed by atoms with E-state index in [4.69, 9.17) is 4.74 Å². The Morgan fingerprint density at radius 3 is 2.44 bits per heavy atom. The van der Waals surface area contributed by atoms with E-state index in [-0.39, 0.29) is 21.2 Å². The standard InChI is InChI=1S/C26H29NO5S2/c1-26(2)13-11-18(12-14-26)19-6-4-7-21(16-19)27(34(30,31)24-8-5-15-33-24)22-10-9-20(25(28)29)17-23(22)32-3/h4-10,15-18H,11-14H2,1-3H3,(H,28,29). The van der Waals surface area contributed by atoms with Crippen molar-refractivity contribution in [3.8, 4) is 5.75 Å². The number of carbonyl (C=O) groups is 1. The van der Waals surface area contributed by atoms with Crippen LogP contribution >= 0.6 is 11.3 Å². The lowest BCUT2D eigenvalue weighted by Crippen LogP contribution is -2.26. The molecule has 6 nitrogen and oxygen atoms in total. The van der Waals surface area contributed by atoms with Crippen molar-refractivity contribution in [1.82, 2.24) is 0 Å². The largest absolute Gasteiger partial charge is 0.495 e. The molecule has 34 heavy (non-hydrogen) atoms. The zero-order valence-electron chi connectivity index (χ0n) is 19.5. The number of ether oxygens (including phenoxy) is 1. The fourth-order valence-corrected chi connectivity index (χ4v) is 7.08. The number of thiophene rings is 1. The van der Waals surface area contributed by atoms with Gasteiger partial charge in [-0.1, -0.05) is 32.0 Å². The van der Waals surface area contributed by atoms with Crippen molar-refractivity contribution < 1.29 is 23.1 Å². The molecule has 1 aliphatic carbocycles. The van der Waals surface area contributed by atoms with Gasteiger partial charge in [-0.25, -0.2) is 9.10 Å². The van der Waals surface area contributed by atoms with Gasteiger partial charge in [0.05, 0.1) is 24.0 Å². The zero-order chi connectivity index (χ0) is 24.5. The molecule has 1 fully saturated rings. The molecule has 1 N–H and O–H groups in total. The summed E-state index contributed by atoms with van der Waals surface area (Å²) in [6.07, 6.45) is 4.38. The second kappa shape index (κ2) is 9.43. The van der Waals surface area contributed by atoms with Gasteiger partial charge in [-0.3, -0.25) is 0 Å². The Hall–Kier alpha value is -2.84. The van der Waals surface area contributed by atoms with Crippen LogP contribution < -0.4 is 9.04 Å². The lowest BCUT2D eigenvalue weighted by Gasteiger charge is -2.35. The first-order valence-electron chi connectivity index (χ1n) is 11.2. The second-order valence-electron chi connectivity index (χ2n) is 9.43. The average Bonchev–Trinajstić information content (AvgIpc) is 3.35. The van der Waals surface area contributed by atoms with E-state index in [2.05, 4.69) is 19.9 Å². The molecule has 1 heterocycles. The highest BCUT2D eigenvalue weighted by molar-refractivity contribution is 7.95. The van der Waals surface area contributed by atoms with Crippen molar-refractivity contribution in [2.45, 2.75) is 49.7 Å². The predicted molar refractivity (Wildman–Crippen MR) is 135 cm³/mol.